The SMILES string of the molecule is COC(=O)c1cc(OC)c2nc(Cc3cc(F)c(-c4cccc(OCc5ccc(Cl)cc5F)n4)cc3F)n(C)c2c1. The second kappa shape index (κ2) is 11.5. The first-order chi connectivity index (χ1) is 19.7. The molecule has 0 saturated heterocycles. The molecule has 0 atom stereocenters. The third-order valence-corrected chi connectivity index (χ3v) is 6.80. The van der Waals surface area contributed by atoms with Crippen LogP contribution in [0.5, 0.6) is 11.6 Å². The predicted octanol–water partition coefficient (Wildman–Crippen LogP) is 6.67. The van der Waals surface area contributed by atoms with Gasteiger partial charge in [0.1, 0.15) is 41.1 Å². The molecule has 11 heteroatoms. The molecule has 0 saturated carbocycles. The van der Waals surface area contributed by atoms with Crippen molar-refractivity contribution in [3.63, 3.8) is 0 Å². The highest BCUT2D eigenvalue weighted by molar-refractivity contribution is 6.30. The van der Waals surface area contributed by atoms with Crippen LogP contribution in [0.3, 0.4) is 0 Å². The zero-order chi connectivity index (χ0) is 29.3. The third-order valence-electron chi connectivity index (χ3n) is 6.56. The molecular weight excluding hydrogens is 559 g/mol. The Kier molecular flexibility index (Phi) is 7.85. The molecule has 0 unspecified atom stereocenters. The van der Waals surface area contributed by atoms with Gasteiger partial charge in [0.2, 0.25) is 5.88 Å². The maximum absolute atomic E-state index is 15.3. The van der Waals surface area contributed by atoms with Crippen molar-refractivity contribution in [3.05, 3.63) is 106 Å². The summed E-state index contributed by atoms with van der Waals surface area (Å²) in [5.41, 5.74) is 1.72. The topological polar surface area (TPSA) is 75.5 Å². The monoisotopic (exact) mass is 581 g/mol. The molecule has 210 valence electrons. The molecule has 3 aromatic carbocycles. The summed E-state index contributed by atoms with van der Waals surface area (Å²) in [4.78, 5) is 20.9. The summed E-state index contributed by atoms with van der Waals surface area (Å²) in [5, 5.41) is 0.260. The second-order valence-electron chi connectivity index (χ2n) is 9.11. The molecule has 2 heterocycles. The van der Waals surface area contributed by atoms with Crippen LogP contribution in [0.15, 0.2) is 60.7 Å². The Morgan fingerprint density at radius 1 is 0.927 bits per heavy atom. The predicted molar refractivity (Wildman–Crippen MR) is 147 cm³/mol. The Morgan fingerprint density at radius 3 is 2.44 bits per heavy atom. The number of carbonyl (C=O) groups excluding carboxylic acids is 1. The van der Waals surface area contributed by atoms with Crippen LogP contribution in [0.25, 0.3) is 22.3 Å². The van der Waals surface area contributed by atoms with E-state index in [1.807, 2.05) is 0 Å². The van der Waals surface area contributed by atoms with Gasteiger partial charge in [-0.25, -0.2) is 27.9 Å². The molecule has 41 heavy (non-hydrogen) atoms. The van der Waals surface area contributed by atoms with Gasteiger partial charge in [0.05, 0.1) is 31.0 Å². The zero-order valence-corrected chi connectivity index (χ0v) is 22.9. The Bertz CT molecular complexity index is 1790. The molecule has 2 aromatic heterocycles. The van der Waals surface area contributed by atoms with Crippen LogP contribution in [0, 0.1) is 17.5 Å². The lowest BCUT2D eigenvalue weighted by Crippen LogP contribution is -2.04. The summed E-state index contributed by atoms with van der Waals surface area (Å²) in [6.45, 7) is -0.126. The molecule has 5 rings (SSSR count). The van der Waals surface area contributed by atoms with Gasteiger partial charge in [0.15, 0.2) is 0 Å². The third kappa shape index (κ3) is 5.69. The Hall–Kier alpha value is -4.57. The smallest absolute Gasteiger partial charge is 0.338 e. The van der Waals surface area contributed by atoms with Crippen molar-refractivity contribution in [2.75, 3.05) is 14.2 Å². The Balaban J connectivity index is 1.41. The van der Waals surface area contributed by atoms with Gasteiger partial charge in [-0.1, -0.05) is 23.7 Å². The normalized spacial score (nSPS) is 11.1. The van der Waals surface area contributed by atoms with E-state index in [1.165, 1.54) is 50.6 Å². The zero-order valence-electron chi connectivity index (χ0n) is 22.2. The second-order valence-corrected chi connectivity index (χ2v) is 9.55. The summed E-state index contributed by atoms with van der Waals surface area (Å²) in [7, 11) is 4.43. The number of nitrogens with zero attached hydrogens (tertiary/aromatic N) is 3. The van der Waals surface area contributed by atoms with E-state index in [2.05, 4.69) is 9.97 Å². The van der Waals surface area contributed by atoms with Gasteiger partial charge in [-0.2, -0.15) is 0 Å². The van der Waals surface area contributed by atoms with Gasteiger partial charge >= 0.3 is 5.97 Å². The van der Waals surface area contributed by atoms with E-state index in [9.17, 15) is 9.18 Å². The van der Waals surface area contributed by atoms with E-state index in [1.54, 1.807) is 23.7 Å². The molecule has 0 amide bonds. The van der Waals surface area contributed by atoms with Gasteiger partial charge < -0.3 is 18.8 Å². The number of esters is 1. The average Bonchev–Trinajstić information content (AvgIpc) is 3.28. The lowest BCUT2D eigenvalue weighted by molar-refractivity contribution is 0.0600. The lowest BCUT2D eigenvalue weighted by Gasteiger charge is -2.11. The fourth-order valence-corrected chi connectivity index (χ4v) is 4.54. The average molecular weight is 582 g/mol. The molecule has 0 aliphatic heterocycles. The Labute approximate surface area is 238 Å². The number of benzene rings is 3. The molecule has 0 radical (unpaired) electrons. The van der Waals surface area contributed by atoms with Crippen molar-refractivity contribution in [2.24, 2.45) is 7.05 Å². The fraction of sp³-hybridized carbons (Fsp3) is 0.167. The highest BCUT2D eigenvalue weighted by atomic mass is 35.5. The van der Waals surface area contributed by atoms with E-state index in [-0.39, 0.29) is 51.9 Å². The van der Waals surface area contributed by atoms with Crippen LogP contribution in [-0.2, 0) is 24.8 Å². The number of aromatic nitrogens is 3. The summed E-state index contributed by atoms with van der Waals surface area (Å²) >= 11 is 5.78. The van der Waals surface area contributed by atoms with E-state index >= 15 is 8.78 Å². The van der Waals surface area contributed by atoms with E-state index in [4.69, 9.17) is 25.8 Å². The van der Waals surface area contributed by atoms with E-state index in [0.717, 1.165) is 12.1 Å². The molecular formula is C30H23ClF3N3O4. The van der Waals surface area contributed by atoms with Crippen molar-refractivity contribution in [1.82, 2.24) is 14.5 Å². The summed E-state index contributed by atoms with van der Waals surface area (Å²) in [6.07, 6.45) is -0.0336. The Morgan fingerprint density at radius 2 is 1.71 bits per heavy atom. The van der Waals surface area contributed by atoms with Crippen LogP contribution in [0.2, 0.25) is 5.02 Å². The van der Waals surface area contributed by atoms with Crippen molar-refractivity contribution in [2.45, 2.75) is 13.0 Å². The minimum absolute atomic E-state index is 0.0336. The first-order valence-corrected chi connectivity index (χ1v) is 12.7. The molecule has 0 aliphatic rings. The van der Waals surface area contributed by atoms with Gasteiger partial charge in [-0.05, 0) is 48.0 Å². The van der Waals surface area contributed by atoms with Crippen molar-refractivity contribution >= 4 is 28.6 Å². The van der Waals surface area contributed by atoms with Gasteiger partial charge in [-0.15, -0.1) is 0 Å². The number of rotatable bonds is 8. The highest BCUT2D eigenvalue weighted by Gasteiger charge is 2.20. The standard InChI is InChI=1S/C30H23ClF3N3O4/c1-37-25-10-18(30(38)40-3)11-26(39-2)29(25)36-27(37)12-17-9-23(34)20(14-22(17)33)24-5-4-6-28(35-24)41-15-16-7-8-19(31)13-21(16)32/h4-11,13-14H,12,15H2,1-3H3. The largest absolute Gasteiger partial charge is 0.494 e. The maximum atomic E-state index is 15.3. The van der Waals surface area contributed by atoms with Crippen LogP contribution in [0.1, 0.15) is 27.3 Å². The summed E-state index contributed by atoms with van der Waals surface area (Å²) < 4.78 is 62.1. The number of methoxy groups -OCH3 is 2. The molecule has 0 N–H and O–H groups in total. The first-order valence-electron chi connectivity index (χ1n) is 12.3. The minimum Gasteiger partial charge on any atom is -0.494 e. The van der Waals surface area contributed by atoms with Crippen LogP contribution >= 0.6 is 11.6 Å². The lowest BCUT2D eigenvalue weighted by atomic mass is 10.0. The van der Waals surface area contributed by atoms with Gasteiger partial charge in [-0.3, -0.25) is 0 Å². The van der Waals surface area contributed by atoms with E-state index < -0.39 is 23.4 Å². The molecule has 0 spiro atoms. The summed E-state index contributed by atoms with van der Waals surface area (Å²) in [6, 6.07) is 14.1. The number of imidazole rings is 1. The molecule has 0 fully saturated rings. The molecule has 0 bridgehead atoms. The van der Waals surface area contributed by atoms with Crippen molar-refractivity contribution in [3.8, 4) is 22.9 Å². The number of ether oxygens (including phenoxy) is 3. The number of aryl methyl sites for hydroxylation is 1. The number of hydrogen-bond acceptors (Lipinski definition) is 6. The molecule has 7 nitrogen and oxygen atoms in total. The number of pyridine rings is 1. The molecule has 0 aliphatic carbocycles. The molecule has 5 aromatic rings. The van der Waals surface area contributed by atoms with Gasteiger partial charge in [0, 0.05) is 35.7 Å². The van der Waals surface area contributed by atoms with E-state index in [0.29, 0.717) is 22.6 Å². The van der Waals surface area contributed by atoms with Crippen molar-refractivity contribution < 1.29 is 32.2 Å². The number of carbonyl (C=O) groups is 1. The maximum Gasteiger partial charge on any atom is 0.338 e. The van der Waals surface area contributed by atoms with Gasteiger partial charge in [0.25, 0.3) is 0 Å². The first kappa shape index (κ1) is 28.0. The van der Waals surface area contributed by atoms with Crippen LogP contribution < -0.4 is 9.47 Å². The van der Waals surface area contributed by atoms with Crippen LogP contribution in [-0.4, -0.2) is 34.7 Å². The van der Waals surface area contributed by atoms with Crippen molar-refractivity contribution in [1.29, 1.82) is 0 Å². The quantitative estimate of drug-likeness (QED) is 0.191. The number of hydrogen-bond donors (Lipinski definition) is 0. The minimum atomic E-state index is -0.695. The fourth-order valence-electron chi connectivity index (χ4n) is 4.38. The summed E-state index contributed by atoms with van der Waals surface area (Å²) in [5.74, 6) is -1.54. The number of fused-ring (bicyclic) bond motifs is 1. The van der Waals surface area contributed by atoms with Crippen LogP contribution in [0.4, 0.5) is 13.2 Å². The number of halogens is 4. The highest BCUT2D eigenvalue weighted by Crippen LogP contribution is 2.31.